The molecule has 2 N–H and O–H groups in total. The Labute approximate surface area is 122 Å². The summed E-state index contributed by atoms with van der Waals surface area (Å²) in [6, 6.07) is 0.596. The lowest BCUT2D eigenvalue weighted by atomic mass is 10.1. The van der Waals surface area contributed by atoms with Crippen molar-refractivity contribution in [2.24, 2.45) is 5.92 Å². The van der Waals surface area contributed by atoms with Crippen molar-refractivity contribution in [2.45, 2.75) is 65.1 Å². The highest BCUT2D eigenvalue weighted by atomic mass is 16.6. The Morgan fingerprint density at radius 3 is 2.50 bits per heavy atom. The third-order valence-corrected chi connectivity index (χ3v) is 3.13. The fourth-order valence-electron chi connectivity index (χ4n) is 2.08. The van der Waals surface area contributed by atoms with Gasteiger partial charge in [-0.25, -0.2) is 4.79 Å². The number of nitrogens with one attached hydrogen (secondary N) is 2. The zero-order valence-corrected chi connectivity index (χ0v) is 13.5. The zero-order valence-electron chi connectivity index (χ0n) is 13.5. The molecule has 2 atom stereocenters. The number of carbonyl (C=O) groups excluding carboxylic acids is 1. The maximum absolute atomic E-state index is 11.7. The molecule has 5 heteroatoms. The van der Waals surface area contributed by atoms with Gasteiger partial charge in [-0.05, 0) is 53.4 Å². The molecular weight excluding hydrogens is 256 g/mol. The molecule has 0 saturated heterocycles. The molecule has 0 radical (unpaired) electrons. The minimum atomic E-state index is -0.450. The van der Waals surface area contributed by atoms with Crippen LogP contribution in [0.3, 0.4) is 0 Å². The quantitative estimate of drug-likeness (QED) is 0.719. The third-order valence-electron chi connectivity index (χ3n) is 3.13. The van der Waals surface area contributed by atoms with Gasteiger partial charge in [0.15, 0.2) is 0 Å². The molecule has 1 fully saturated rings. The molecule has 20 heavy (non-hydrogen) atoms. The largest absolute Gasteiger partial charge is 0.444 e. The van der Waals surface area contributed by atoms with Crippen LogP contribution < -0.4 is 10.6 Å². The van der Waals surface area contributed by atoms with Gasteiger partial charge in [-0.2, -0.15) is 0 Å². The Balaban J connectivity index is 2.30. The molecule has 0 aromatic rings. The summed E-state index contributed by atoms with van der Waals surface area (Å²) in [5, 5.41) is 6.39. The van der Waals surface area contributed by atoms with E-state index >= 15 is 0 Å². The maximum Gasteiger partial charge on any atom is 0.407 e. The molecule has 0 aromatic heterocycles. The van der Waals surface area contributed by atoms with Gasteiger partial charge in [0.2, 0.25) is 0 Å². The second kappa shape index (κ2) is 7.84. The first-order chi connectivity index (χ1) is 9.31. The van der Waals surface area contributed by atoms with Crippen molar-refractivity contribution < 1.29 is 14.3 Å². The smallest absolute Gasteiger partial charge is 0.407 e. The van der Waals surface area contributed by atoms with Crippen molar-refractivity contribution in [3.63, 3.8) is 0 Å². The van der Waals surface area contributed by atoms with Crippen molar-refractivity contribution >= 4 is 6.09 Å². The molecule has 0 aromatic carbocycles. The van der Waals surface area contributed by atoms with Crippen LogP contribution in [0.25, 0.3) is 0 Å². The van der Waals surface area contributed by atoms with Crippen LogP contribution in [0.2, 0.25) is 0 Å². The van der Waals surface area contributed by atoms with Crippen LogP contribution in [-0.2, 0) is 9.47 Å². The lowest BCUT2D eigenvalue weighted by Crippen LogP contribution is -2.48. The second-order valence-electron chi connectivity index (χ2n) is 6.55. The summed E-state index contributed by atoms with van der Waals surface area (Å²) < 4.78 is 10.7. The number of rotatable bonds is 8. The normalized spacial score (nSPS) is 18.4. The van der Waals surface area contributed by atoms with E-state index in [1.54, 1.807) is 0 Å². The average molecular weight is 286 g/mol. The first-order valence-electron chi connectivity index (χ1n) is 7.62. The molecule has 0 spiro atoms. The van der Waals surface area contributed by atoms with Crippen LogP contribution in [0.15, 0.2) is 0 Å². The molecule has 1 aliphatic rings. The molecule has 0 bridgehead atoms. The summed E-state index contributed by atoms with van der Waals surface area (Å²) in [7, 11) is 0. The molecule has 1 aliphatic carbocycles. The standard InChI is InChI=1S/C15H30N2O3/c1-6-19-10-11(2)17-13(12-7-8-12)9-16-14(18)20-15(3,4)5/h11-13,17H,6-10H2,1-5H3,(H,16,18). The Bertz CT molecular complexity index is 298. The Morgan fingerprint density at radius 1 is 1.35 bits per heavy atom. The van der Waals surface area contributed by atoms with E-state index in [4.69, 9.17) is 9.47 Å². The summed E-state index contributed by atoms with van der Waals surface area (Å²) >= 11 is 0. The van der Waals surface area contributed by atoms with E-state index in [-0.39, 0.29) is 6.09 Å². The molecule has 1 rings (SSSR count). The van der Waals surface area contributed by atoms with E-state index < -0.39 is 5.60 Å². The summed E-state index contributed by atoms with van der Waals surface area (Å²) in [5.74, 6) is 0.661. The van der Waals surface area contributed by atoms with Crippen LogP contribution in [0, 0.1) is 5.92 Å². The number of carbonyl (C=O) groups is 1. The summed E-state index contributed by atoms with van der Waals surface area (Å²) in [5.41, 5.74) is -0.450. The molecule has 1 saturated carbocycles. The van der Waals surface area contributed by atoms with E-state index in [2.05, 4.69) is 17.6 Å². The SMILES string of the molecule is CCOCC(C)NC(CNC(=O)OC(C)(C)C)C1CC1. The van der Waals surface area contributed by atoms with Crippen LogP contribution in [0.5, 0.6) is 0 Å². The van der Waals surface area contributed by atoms with Crippen molar-refractivity contribution in [3.05, 3.63) is 0 Å². The van der Waals surface area contributed by atoms with E-state index in [1.807, 2.05) is 27.7 Å². The van der Waals surface area contributed by atoms with Gasteiger partial charge in [0.1, 0.15) is 5.60 Å². The van der Waals surface area contributed by atoms with Gasteiger partial charge in [-0.1, -0.05) is 0 Å². The van der Waals surface area contributed by atoms with Gasteiger partial charge < -0.3 is 20.1 Å². The van der Waals surface area contributed by atoms with Crippen molar-refractivity contribution in [1.29, 1.82) is 0 Å². The van der Waals surface area contributed by atoms with Crippen molar-refractivity contribution in [1.82, 2.24) is 10.6 Å². The van der Waals surface area contributed by atoms with Gasteiger partial charge in [-0.15, -0.1) is 0 Å². The van der Waals surface area contributed by atoms with Crippen molar-refractivity contribution in [3.8, 4) is 0 Å². The zero-order chi connectivity index (χ0) is 15.2. The average Bonchev–Trinajstić information content (AvgIpc) is 3.13. The van der Waals surface area contributed by atoms with E-state index in [1.165, 1.54) is 12.8 Å². The van der Waals surface area contributed by atoms with Crippen LogP contribution in [0.4, 0.5) is 4.79 Å². The topological polar surface area (TPSA) is 59.6 Å². The molecule has 118 valence electrons. The summed E-state index contributed by atoms with van der Waals surface area (Å²) in [6.07, 6.45) is 2.12. The number of alkyl carbamates (subject to hydrolysis) is 1. The fraction of sp³-hybridized carbons (Fsp3) is 0.933. The lowest BCUT2D eigenvalue weighted by molar-refractivity contribution is 0.0518. The van der Waals surface area contributed by atoms with Crippen LogP contribution in [0.1, 0.15) is 47.5 Å². The monoisotopic (exact) mass is 286 g/mol. The Kier molecular flexibility index (Phi) is 6.76. The van der Waals surface area contributed by atoms with Crippen LogP contribution >= 0.6 is 0 Å². The van der Waals surface area contributed by atoms with E-state index in [0.717, 1.165) is 6.61 Å². The number of amides is 1. The first-order valence-corrected chi connectivity index (χ1v) is 7.62. The van der Waals surface area contributed by atoms with E-state index in [9.17, 15) is 4.79 Å². The molecular formula is C15H30N2O3. The Morgan fingerprint density at radius 2 is 2.00 bits per heavy atom. The first kappa shape index (κ1) is 17.2. The number of hydrogen-bond acceptors (Lipinski definition) is 4. The third kappa shape index (κ3) is 7.70. The predicted octanol–water partition coefficient (Wildman–Crippen LogP) is 2.30. The van der Waals surface area contributed by atoms with Crippen molar-refractivity contribution in [2.75, 3.05) is 19.8 Å². The summed E-state index contributed by atoms with van der Waals surface area (Å²) in [4.78, 5) is 11.7. The van der Waals surface area contributed by atoms with Crippen LogP contribution in [-0.4, -0.2) is 43.5 Å². The molecule has 2 unspecified atom stereocenters. The molecule has 1 amide bonds. The molecule has 5 nitrogen and oxygen atoms in total. The Hall–Kier alpha value is -0.810. The van der Waals surface area contributed by atoms with E-state index in [0.29, 0.717) is 31.2 Å². The molecule has 0 aliphatic heterocycles. The van der Waals surface area contributed by atoms with Gasteiger partial charge in [0.25, 0.3) is 0 Å². The minimum Gasteiger partial charge on any atom is -0.444 e. The van der Waals surface area contributed by atoms with Gasteiger partial charge in [0.05, 0.1) is 6.61 Å². The highest BCUT2D eigenvalue weighted by Gasteiger charge is 2.32. The van der Waals surface area contributed by atoms with Gasteiger partial charge >= 0.3 is 6.09 Å². The predicted molar refractivity (Wildman–Crippen MR) is 79.8 cm³/mol. The molecule has 0 heterocycles. The highest BCUT2D eigenvalue weighted by molar-refractivity contribution is 5.67. The lowest BCUT2D eigenvalue weighted by Gasteiger charge is -2.25. The number of hydrogen-bond donors (Lipinski definition) is 2. The second-order valence-corrected chi connectivity index (χ2v) is 6.55. The summed E-state index contributed by atoms with van der Waals surface area (Å²) in [6.45, 7) is 11.8. The van der Waals surface area contributed by atoms with Gasteiger partial charge in [-0.3, -0.25) is 0 Å². The van der Waals surface area contributed by atoms with Gasteiger partial charge in [0, 0.05) is 25.2 Å². The number of ether oxygens (including phenoxy) is 2. The minimum absolute atomic E-state index is 0.293. The fourth-order valence-corrected chi connectivity index (χ4v) is 2.08. The maximum atomic E-state index is 11.7. The highest BCUT2D eigenvalue weighted by Crippen LogP contribution is 2.32.